The Labute approximate surface area is 174 Å². The van der Waals surface area contributed by atoms with E-state index >= 15 is 0 Å². The summed E-state index contributed by atoms with van der Waals surface area (Å²) in [6.07, 6.45) is 0.620. The maximum Gasteiger partial charge on any atom is 0.115 e. The maximum absolute atomic E-state index is 9.67. The van der Waals surface area contributed by atoms with Gasteiger partial charge in [-0.1, -0.05) is 48.0 Å². The fraction of sp³-hybridized carbons (Fsp3) is 0.0870. The second-order valence-corrected chi connectivity index (χ2v) is 7.52. The van der Waals surface area contributed by atoms with Gasteiger partial charge in [-0.2, -0.15) is 0 Å². The first-order valence-corrected chi connectivity index (χ1v) is 9.63. The average Bonchev–Trinajstić information content (AvgIpc) is 2.81. The Morgan fingerprint density at radius 2 is 1.75 bits per heavy atom. The summed E-state index contributed by atoms with van der Waals surface area (Å²) < 4.78 is 0. The molecule has 140 valence electrons. The van der Waals surface area contributed by atoms with Crippen molar-refractivity contribution in [3.8, 4) is 5.75 Å². The van der Waals surface area contributed by atoms with Crippen LogP contribution < -0.4 is 5.32 Å². The van der Waals surface area contributed by atoms with Crippen molar-refractivity contribution in [2.24, 2.45) is 4.99 Å². The number of anilines is 1. The van der Waals surface area contributed by atoms with Crippen molar-refractivity contribution in [2.45, 2.75) is 12.5 Å². The molecular formula is C23H18Cl2N2O. The molecule has 28 heavy (non-hydrogen) atoms. The molecule has 0 saturated carbocycles. The van der Waals surface area contributed by atoms with Crippen LogP contribution in [-0.4, -0.2) is 16.9 Å². The molecule has 1 heterocycles. The lowest BCUT2D eigenvalue weighted by Gasteiger charge is -2.16. The number of benzene rings is 3. The molecule has 0 spiro atoms. The van der Waals surface area contributed by atoms with Crippen LogP contribution in [0.1, 0.15) is 16.7 Å². The largest absolute Gasteiger partial charge is 0.508 e. The number of phenolic OH excluding ortho intramolecular Hbond substituents is 1. The molecular weight excluding hydrogens is 391 g/mol. The predicted octanol–water partition coefficient (Wildman–Crippen LogP) is 6.09. The van der Waals surface area contributed by atoms with Gasteiger partial charge in [-0.05, 0) is 54.1 Å². The van der Waals surface area contributed by atoms with Gasteiger partial charge in [-0.3, -0.25) is 4.99 Å². The van der Waals surface area contributed by atoms with E-state index in [1.165, 1.54) is 0 Å². The van der Waals surface area contributed by atoms with Gasteiger partial charge in [0.05, 0.1) is 11.8 Å². The lowest BCUT2D eigenvalue weighted by Crippen LogP contribution is -2.17. The van der Waals surface area contributed by atoms with E-state index in [1.807, 2.05) is 54.6 Å². The summed E-state index contributed by atoms with van der Waals surface area (Å²) in [5.74, 6) is 0.208. The monoisotopic (exact) mass is 408 g/mol. The van der Waals surface area contributed by atoms with Gasteiger partial charge >= 0.3 is 0 Å². The van der Waals surface area contributed by atoms with E-state index in [9.17, 15) is 5.11 Å². The summed E-state index contributed by atoms with van der Waals surface area (Å²) in [5, 5.41) is 14.4. The smallest absolute Gasteiger partial charge is 0.115 e. The minimum absolute atomic E-state index is 0.208. The van der Waals surface area contributed by atoms with Crippen LogP contribution in [0.25, 0.3) is 0 Å². The Morgan fingerprint density at radius 3 is 2.50 bits per heavy atom. The van der Waals surface area contributed by atoms with Crippen molar-refractivity contribution in [3.63, 3.8) is 0 Å². The third-order valence-corrected chi connectivity index (χ3v) is 5.33. The van der Waals surface area contributed by atoms with Gasteiger partial charge in [0.15, 0.2) is 0 Å². The highest BCUT2D eigenvalue weighted by molar-refractivity contribution is 6.32. The number of halogens is 2. The van der Waals surface area contributed by atoms with Crippen LogP contribution in [0.2, 0.25) is 10.0 Å². The predicted molar refractivity (Wildman–Crippen MR) is 117 cm³/mol. The summed E-state index contributed by atoms with van der Waals surface area (Å²) in [6.45, 7) is 4.21. The van der Waals surface area contributed by atoms with Crippen molar-refractivity contribution in [2.75, 3.05) is 5.32 Å². The molecule has 0 fully saturated rings. The van der Waals surface area contributed by atoms with E-state index < -0.39 is 0 Å². The first-order chi connectivity index (χ1) is 13.5. The molecule has 1 aliphatic rings. The molecule has 5 heteroatoms. The van der Waals surface area contributed by atoms with E-state index in [-0.39, 0.29) is 11.8 Å². The quantitative estimate of drug-likeness (QED) is 0.550. The first-order valence-electron chi connectivity index (χ1n) is 8.87. The standard InChI is InChI=1S/C23H18Cl2N2O/c1-14-22(12-16-4-2-3-5-20(16)25)27-23(15-6-9-18(28)10-7-15)19-13-17(24)8-11-21(19)26-14/h2-11,13,22,26,28H,1,12H2. The Morgan fingerprint density at radius 1 is 1.00 bits per heavy atom. The minimum Gasteiger partial charge on any atom is -0.508 e. The number of nitrogens with one attached hydrogen (secondary N) is 1. The van der Waals surface area contributed by atoms with Crippen LogP contribution in [0, 0.1) is 0 Å². The fourth-order valence-corrected chi connectivity index (χ4v) is 3.66. The van der Waals surface area contributed by atoms with E-state index in [1.54, 1.807) is 12.1 Å². The maximum atomic E-state index is 9.67. The molecule has 2 N–H and O–H groups in total. The second kappa shape index (κ2) is 7.70. The summed E-state index contributed by atoms with van der Waals surface area (Å²) in [5.41, 5.74) is 5.26. The third kappa shape index (κ3) is 3.77. The summed E-state index contributed by atoms with van der Waals surface area (Å²) in [7, 11) is 0. The van der Waals surface area contributed by atoms with Crippen LogP contribution in [-0.2, 0) is 6.42 Å². The summed E-state index contributed by atoms with van der Waals surface area (Å²) in [4.78, 5) is 5.03. The van der Waals surface area contributed by atoms with Crippen LogP contribution in [0.5, 0.6) is 5.75 Å². The molecule has 1 atom stereocenters. The molecule has 0 aromatic heterocycles. The lowest BCUT2D eigenvalue weighted by atomic mass is 10.00. The molecule has 0 aliphatic carbocycles. The summed E-state index contributed by atoms with van der Waals surface area (Å²) in [6, 6.07) is 20.2. The van der Waals surface area contributed by atoms with E-state index in [0.717, 1.165) is 33.8 Å². The van der Waals surface area contributed by atoms with Gasteiger partial charge in [0.2, 0.25) is 0 Å². The molecule has 3 nitrogen and oxygen atoms in total. The van der Waals surface area contributed by atoms with Crippen LogP contribution in [0.15, 0.2) is 84.0 Å². The number of rotatable bonds is 3. The number of hydrogen-bond donors (Lipinski definition) is 2. The van der Waals surface area contributed by atoms with Crippen molar-refractivity contribution in [1.82, 2.24) is 0 Å². The number of aliphatic imine (C=N–C) groups is 1. The molecule has 1 aliphatic heterocycles. The Bertz CT molecular complexity index is 1070. The number of nitrogens with zero attached hydrogens (tertiary/aromatic N) is 1. The SMILES string of the molecule is C=C1Nc2ccc(Cl)cc2C(c2ccc(O)cc2)=NC1Cc1ccccc1Cl. The Hall–Kier alpha value is -2.75. The van der Waals surface area contributed by atoms with Gasteiger partial charge in [0.25, 0.3) is 0 Å². The molecule has 3 aromatic carbocycles. The van der Waals surface area contributed by atoms with E-state index in [0.29, 0.717) is 16.5 Å². The number of hydrogen-bond acceptors (Lipinski definition) is 3. The lowest BCUT2D eigenvalue weighted by molar-refractivity contribution is 0.475. The Kier molecular flexibility index (Phi) is 5.12. The van der Waals surface area contributed by atoms with Crippen LogP contribution in [0.4, 0.5) is 5.69 Å². The third-order valence-electron chi connectivity index (χ3n) is 4.73. The zero-order valence-electron chi connectivity index (χ0n) is 15.0. The van der Waals surface area contributed by atoms with Crippen molar-refractivity contribution in [3.05, 3.63) is 106 Å². The highest BCUT2D eigenvalue weighted by Gasteiger charge is 2.23. The zero-order valence-corrected chi connectivity index (χ0v) is 16.5. The summed E-state index contributed by atoms with van der Waals surface area (Å²) >= 11 is 12.6. The van der Waals surface area contributed by atoms with Gasteiger partial charge in [0, 0.05) is 39.0 Å². The molecule has 1 unspecified atom stereocenters. The van der Waals surface area contributed by atoms with Crippen LogP contribution in [0.3, 0.4) is 0 Å². The van der Waals surface area contributed by atoms with Gasteiger partial charge in [-0.25, -0.2) is 0 Å². The van der Waals surface area contributed by atoms with E-state index in [2.05, 4.69) is 11.9 Å². The highest BCUT2D eigenvalue weighted by Crippen LogP contribution is 2.31. The Balaban J connectivity index is 1.84. The van der Waals surface area contributed by atoms with Crippen LogP contribution >= 0.6 is 23.2 Å². The average molecular weight is 409 g/mol. The van der Waals surface area contributed by atoms with Crippen molar-refractivity contribution in [1.29, 1.82) is 0 Å². The fourth-order valence-electron chi connectivity index (χ4n) is 3.27. The van der Waals surface area contributed by atoms with E-state index in [4.69, 9.17) is 28.2 Å². The molecule has 0 bridgehead atoms. The van der Waals surface area contributed by atoms with Crippen molar-refractivity contribution >= 4 is 34.6 Å². The number of fused-ring (bicyclic) bond motifs is 1. The zero-order chi connectivity index (χ0) is 19.7. The topological polar surface area (TPSA) is 44.6 Å². The van der Waals surface area contributed by atoms with Gasteiger partial charge < -0.3 is 10.4 Å². The number of benzodiazepines with no additional fused rings is 1. The number of aromatic hydroxyl groups is 1. The van der Waals surface area contributed by atoms with Gasteiger partial charge in [0.1, 0.15) is 5.75 Å². The molecule has 3 aromatic rings. The van der Waals surface area contributed by atoms with Crippen molar-refractivity contribution < 1.29 is 5.11 Å². The molecule has 0 saturated heterocycles. The molecule has 0 amide bonds. The second-order valence-electron chi connectivity index (χ2n) is 6.68. The molecule has 4 rings (SSSR count). The first kappa shape index (κ1) is 18.6. The van der Waals surface area contributed by atoms with Gasteiger partial charge in [-0.15, -0.1) is 0 Å². The number of phenols is 1. The molecule has 0 radical (unpaired) electrons. The normalized spacial score (nSPS) is 16.0. The highest BCUT2D eigenvalue weighted by atomic mass is 35.5. The minimum atomic E-state index is -0.213.